The minimum atomic E-state index is 0.839. The summed E-state index contributed by atoms with van der Waals surface area (Å²) in [6.07, 6.45) is 5.40. The lowest BCUT2D eigenvalue weighted by atomic mass is 9.90. The van der Waals surface area contributed by atoms with Gasteiger partial charge < -0.3 is 5.32 Å². The van der Waals surface area contributed by atoms with Crippen LogP contribution in [0.2, 0.25) is 0 Å². The molecule has 0 radical (unpaired) electrons. The van der Waals surface area contributed by atoms with Crippen molar-refractivity contribution in [3.63, 3.8) is 0 Å². The van der Waals surface area contributed by atoms with Crippen molar-refractivity contribution in [2.75, 3.05) is 13.1 Å². The van der Waals surface area contributed by atoms with Gasteiger partial charge in [-0.1, -0.05) is 41.0 Å². The predicted molar refractivity (Wildman–Crippen MR) is 70.2 cm³/mol. The van der Waals surface area contributed by atoms with Gasteiger partial charge in [0, 0.05) is 0 Å². The second-order valence-electron chi connectivity index (χ2n) is 5.67. The molecule has 0 amide bonds. The summed E-state index contributed by atoms with van der Waals surface area (Å²) in [5.74, 6) is 2.58. The van der Waals surface area contributed by atoms with Gasteiger partial charge in [0.15, 0.2) is 0 Å². The van der Waals surface area contributed by atoms with E-state index in [9.17, 15) is 0 Å². The average Bonchev–Trinajstić information content (AvgIpc) is 2.13. The Morgan fingerprint density at radius 2 is 1.60 bits per heavy atom. The minimum Gasteiger partial charge on any atom is -0.316 e. The molecule has 0 aliphatic carbocycles. The quantitative estimate of drug-likeness (QED) is 0.569. The number of rotatable bonds is 9. The van der Waals surface area contributed by atoms with E-state index in [0.717, 1.165) is 17.8 Å². The highest BCUT2D eigenvalue weighted by molar-refractivity contribution is 4.65. The SMILES string of the molecule is CCCNCC(CCC(C)C)CC(C)C. The molecule has 1 heteroatoms. The molecule has 0 saturated carbocycles. The molecule has 1 nitrogen and oxygen atoms in total. The zero-order chi connectivity index (χ0) is 11.7. The molecule has 0 aliphatic heterocycles. The third-order valence-corrected chi connectivity index (χ3v) is 2.82. The fourth-order valence-corrected chi connectivity index (χ4v) is 2.02. The summed E-state index contributed by atoms with van der Waals surface area (Å²) in [5.41, 5.74) is 0. The van der Waals surface area contributed by atoms with Crippen LogP contribution in [-0.4, -0.2) is 13.1 Å². The Hall–Kier alpha value is -0.0400. The highest BCUT2D eigenvalue weighted by Gasteiger charge is 2.11. The summed E-state index contributed by atoms with van der Waals surface area (Å²) < 4.78 is 0. The summed E-state index contributed by atoms with van der Waals surface area (Å²) in [6.45, 7) is 14.0. The van der Waals surface area contributed by atoms with Gasteiger partial charge in [-0.2, -0.15) is 0 Å². The number of hydrogen-bond donors (Lipinski definition) is 1. The van der Waals surface area contributed by atoms with E-state index in [-0.39, 0.29) is 0 Å². The standard InChI is InChI=1S/C14H31N/c1-6-9-15-11-14(10-13(4)5)8-7-12(2)3/h12-15H,6-11H2,1-5H3. The zero-order valence-corrected chi connectivity index (χ0v) is 11.5. The van der Waals surface area contributed by atoms with Gasteiger partial charge in [0.05, 0.1) is 0 Å². The molecule has 0 saturated heterocycles. The smallest absolute Gasteiger partial charge is 0.00204 e. The Morgan fingerprint density at radius 1 is 0.933 bits per heavy atom. The van der Waals surface area contributed by atoms with Gasteiger partial charge in [-0.05, 0) is 50.1 Å². The maximum Gasteiger partial charge on any atom is -0.00204 e. The van der Waals surface area contributed by atoms with E-state index in [2.05, 4.69) is 39.9 Å². The van der Waals surface area contributed by atoms with Crippen molar-refractivity contribution in [3.05, 3.63) is 0 Å². The number of hydrogen-bond acceptors (Lipinski definition) is 1. The van der Waals surface area contributed by atoms with E-state index in [1.807, 2.05) is 0 Å². The monoisotopic (exact) mass is 213 g/mol. The summed E-state index contributed by atoms with van der Waals surface area (Å²) in [4.78, 5) is 0. The summed E-state index contributed by atoms with van der Waals surface area (Å²) in [5, 5.41) is 3.56. The van der Waals surface area contributed by atoms with Crippen LogP contribution in [0.5, 0.6) is 0 Å². The van der Waals surface area contributed by atoms with E-state index < -0.39 is 0 Å². The van der Waals surface area contributed by atoms with E-state index in [4.69, 9.17) is 0 Å². The first kappa shape index (κ1) is 15.0. The van der Waals surface area contributed by atoms with Gasteiger partial charge in [-0.3, -0.25) is 0 Å². The highest BCUT2D eigenvalue weighted by atomic mass is 14.8. The maximum absolute atomic E-state index is 3.56. The van der Waals surface area contributed by atoms with Crippen LogP contribution in [0.1, 0.15) is 60.3 Å². The van der Waals surface area contributed by atoms with Crippen LogP contribution >= 0.6 is 0 Å². The van der Waals surface area contributed by atoms with E-state index in [1.165, 1.54) is 38.8 Å². The lowest BCUT2D eigenvalue weighted by molar-refractivity contribution is 0.341. The Kier molecular flexibility index (Phi) is 9.18. The molecule has 1 atom stereocenters. The molecule has 1 unspecified atom stereocenters. The van der Waals surface area contributed by atoms with E-state index in [1.54, 1.807) is 0 Å². The second-order valence-corrected chi connectivity index (χ2v) is 5.67. The normalized spacial score (nSPS) is 13.8. The fraction of sp³-hybridized carbons (Fsp3) is 1.00. The molecule has 0 aromatic rings. The predicted octanol–water partition coefficient (Wildman–Crippen LogP) is 4.08. The second kappa shape index (κ2) is 9.21. The van der Waals surface area contributed by atoms with Crippen molar-refractivity contribution >= 4 is 0 Å². The Labute approximate surface area is 97.0 Å². The van der Waals surface area contributed by atoms with Crippen LogP contribution in [0.25, 0.3) is 0 Å². The first-order valence-electron chi connectivity index (χ1n) is 6.76. The van der Waals surface area contributed by atoms with Crippen molar-refractivity contribution < 1.29 is 0 Å². The first-order chi connectivity index (χ1) is 7.06. The van der Waals surface area contributed by atoms with Gasteiger partial charge in [0.25, 0.3) is 0 Å². The average molecular weight is 213 g/mol. The van der Waals surface area contributed by atoms with E-state index in [0.29, 0.717) is 0 Å². The van der Waals surface area contributed by atoms with Crippen LogP contribution in [0.3, 0.4) is 0 Å². The summed E-state index contributed by atoms with van der Waals surface area (Å²) >= 11 is 0. The molecule has 0 heterocycles. The molecule has 0 bridgehead atoms. The Morgan fingerprint density at radius 3 is 2.07 bits per heavy atom. The molecular formula is C14H31N. The molecule has 15 heavy (non-hydrogen) atoms. The van der Waals surface area contributed by atoms with Gasteiger partial charge in [0.1, 0.15) is 0 Å². The molecular weight excluding hydrogens is 182 g/mol. The van der Waals surface area contributed by atoms with Crippen molar-refractivity contribution in [1.29, 1.82) is 0 Å². The van der Waals surface area contributed by atoms with Crippen molar-refractivity contribution in [3.8, 4) is 0 Å². The Balaban J connectivity index is 3.73. The van der Waals surface area contributed by atoms with Gasteiger partial charge in [-0.25, -0.2) is 0 Å². The molecule has 0 aromatic heterocycles. The van der Waals surface area contributed by atoms with Gasteiger partial charge in [0.2, 0.25) is 0 Å². The van der Waals surface area contributed by atoms with Crippen molar-refractivity contribution in [2.45, 2.75) is 60.3 Å². The minimum absolute atomic E-state index is 0.839. The molecule has 0 rings (SSSR count). The lowest BCUT2D eigenvalue weighted by Crippen LogP contribution is -2.25. The maximum atomic E-state index is 3.56. The third-order valence-electron chi connectivity index (χ3n) is 2.82. The van der Waals surface area contributed by atoms with Gasteiger partial charge in [-0.15, -0.1) is 0 Å². The molecule has 0 spiro atoms. The fourth-order valence-electron chi connectivity index (χ4n) is 2.02. The molecule has 1 N–H and O–H groups in total. The zero-order valence-electron chi connectivity index (χ0n) is 11.5. The van der Waals surface area contributed by atoms with Crippen molar-refractivity contribution in [1.82, 2.24) is 5.32 Å². The van der Waals surface area contributed by atoms with Gasteiger partial charge >= 0.3 is 0 Å². The van der Waals surface area contributed by atoms with E-state index >= 15 is 0 Å². The Bertz CT molecular complexity index is 129. The molecule has 0 aliphatic rings. The molecule has 0 aromatic carbocycles. The van der Waals surface area contributed by atoms with Crippen LogP contribution < -0.4 is 5.32 Å². The topological polar surface area (TPSA) is 12.0 Å². The lowest BCUT2D eigenvalue weighted by Gasteiger charge is -2.20. The van der Waals surface area contributed by atoms with Crippen LogP contribution in [0.15, 0.2) is 0 Å². The number of nitrogens with one attached hydrogen (secondary N) is 1. The van der Waals surface area contributed by atoms with Crippen molar-refractivity contribution in [2.24, 2.45) is 17.8 Å². The third kappa shape index (κ3) is 10.2. The summed E-state index contributed by atoms with van der Waals surface area (Å²) in [6, 6.07) is 0. The van der Waals surface area contributed by atoms with Crippen LogP contribution in [-0.2, 0) is 0 Å². The van der Waals surface area contributed by atoms with Crippen LogP contribution in [0, 0.1) is 17.8 Å². The first-order valence-corrected chi connectivity index (χ1v) is 6.76. The molecule has 92 valence electrons. The highest BCUT2D eigenvalue weighted by Crippen LogP contribution is 2.19. The molecule has 0 fully saturated rings. The summed E-state index contributed by atoms with van der Waals surface area (Å²) in [7, 11) is 0. The largest absolute Gasteiger partial charge is 0.316 e. The van der Waals surface area contributed by atoms with Crippen LogP contribution in [0.4, 0.5) is 0 Å².